The standard InChI is InChI=1S/C28H28N4O3S/c1-28(2,3)18-25(33)29-19-11-15-23(16-12-19)36-24-17-26(34)32(27(24)35)22-13-9-21(10-14-22)31-30-20-7-5-4-6-8-20/h4-16,24H,17-18H2,1-3H3,(H,29,33). The van der Waals surface area contributed by atoms with Crippen LogP contribution >= 0.6 is 11.8 Å². The molecule has 4 rings (SSSR count). The van der Waals surface area contributed by atoms with Gasteiger partial charge in [0.2, 0.25) is 17.7 Å². The summed E-state index contributed by atoms with van der Waals surface area (Å²) in [6.45, 7) is 6.04. The van der Waals surface area contributed by atoms with E-state index in [1.807, 2.05) is 75.4 Å². The molecule has 1 fully saturated rings. The van der Waals surface area contributed by atoms with Crippen molar-refractivity contribution in [3.63, 3.8) is 0 Å². The van der Waals surface area contributed by atoms with Crippen molar-refractivity contribution in [3.05, 3.63) is 78.9 Å². The first-order valence-corrected chi connectivity index (χ1v) is 12.6. The first kappa shape index (κ1) is 25.3. The molecule has 1 aliphatic heterocycles. The Hall–Kier alpha value is -3.78. The van der Waals surface area contributed by atoms with E-state index in [1.54, 1.807) is 24.3 Å². The van der Waals surface area contributed by atoms with Crippen molar-refractivity contribution in [1.29, 1.82) is 0 Å². The second-order valence-corrected chi connectivity index (χ2v) is 11.0. The Morgan fingerprint density at radius 1 is 0.917 bits per heavy atom. The Labute approximate surface area is 215 Å². The molecule has 3 aromatic rings. The van der Waals surface area contributed by atoms with Crippen molar-refractivity contribution in [2.75, 3.05) is 10.2 Å². The van der Waals surface area contributed by atoms with E-state index in [4.69, 9.17) is 0 Å². The van der Waals surface area contributed by atoms with Gasteiger partial charge in [0.05, 0.1) is 22.3 Å². The van der Waals surface area contributed by atoms with E-state index >= 15 is 0 Å². The van der Waals surface area contributed by atoms with Crippen LogP contribution in [0.15, 0.2) is 94.0 Å². The number of benzene rings is 3. The smallest absolute Gasteiger partial charge is 0.247 e. The topological polar surface area (TPSA) is 91.2 Å². The van der Waals surface area contributed by atoms with E-state index in [-0.39, 0.29) is 29.6 Å². The van der Waals surface area contributed by atoms with E-state index in [2.05, 4.69) is 15.5 Å². The maximum absolute atomic E-state index is 13.0. The van der Waals surface area contributed by atoms with Gasteiger partial charge < -0.3 is 5.32 Å². The van der Waals surface area contributed by atoms with Gasteiger partial charge in [-0.05, 0) is 66.1 Å². The van der Waals surface area contributed by atoms with Crippen LogP contribution in [0.2, 0.25) is 0 Å². The van der Waals surface area contributed by atoms with Gasteiger partial charge in [-0.15, -0.1) is 11.8 Å². The van der Waals surface area contributed by atoms with E-state index < -0.39 is 5.25 Å². The van der Waals surface area contributed by atoms with Crippen LogP contribution in [0.1, 0.15) is 33.6 Å². The lowest BCUT2D eigenvalue weighted by molar-refractivity contribution is -0.121. The number of hydrogen-bond donors (Lipinski definition) is 1. The zero-order valence-corrected chi connectivity index (χ0v) is 21.3. The Bertz CT molecular complexity index is 1270. The number of azo groups is 1. The number of anilines is 2. The summed E-state index contributed by atoms with van der Waals surface area (Å²) in [5.41, 5.74) is 2.50. The minimum Gasteiger partial charge on any atom is -0.326 e. The number of thioether (sulfide) groups is 1. The van der Waals surface area contributed by atoms with Gasteiger partial charge in [-0.1, -0.05) is 39.0 Å². The number of rotatable bonds is 7. The third-order valence-electron chi connectivity index (χ3n) is 5.36. The number of carbonyl (C=O) groups excluding carboxylic acids is 3. The molecule has 0 aromatic heterocycles. The van der Waals surface area contributed by atoms with Crippen LogP contribution in [-0.4, -0.2) is 23.0 Å². The molecular formula is C28H28N4O3S. The minimum atomic E-state index is -0.503. The zero-order chi connectivity index (χ0) is 25.7. The molecule has 0 radical (unpaired) electrons. The van der Waals surface area contributed by atoms with Crippen molar-refractivity contribution >= 4 is 52.2 Å². The summed E-state index contributed by atoms with van der Waals surface area (Å²) in [6.07, 6.45) is 0.554. The normalized spacial score (nSPS) is 16.1. The van der Waals surface area contributed by atoms with Gasteiger partial charge in [0.1, 0.15) is 0 Å². The van der Waals surface area contributed by atoms with E-state index in [9.17, 15) is 14.4 Å². The van der Waals surface area contributed by atoms with Gasteiger partial charge in [0.25, 0.3) is 0 Å². The number of imide groups is 1. The van der Waals surface area contributed by atoms with E-state index in [0.29, 0.717) is 23.5 Å². The number of nitrogens with one attached hydrogen (secondary N) is 1. The average molecular weight is 501 g/mol. The molecule has 3 amide bonds. The third kappa shape index (κ3) is 6.66. The molecule has 0 saturated carbocycles. The Morgan fingerprint density at radius 3 is 2.14 bits per heavy atom. The third-order valence-corrected chi connectivity index (χ3v) is 6.55. The van der Waals surface area contributed by atoms with Crippen LogP contribution in [0.4, 0.5) is 22.7 Å². The van der Waals surface area contributed by atoms with Crippen LogP contribution in [0.5, 0.6) is 0 Å². The number of nitrogens with zero attached hydrogens (tertiary/aromatic N) is 3. The lowest BCUT2D eigenvalue weighted by Gasteiger charge is -2.17. The number of carbonyl (C=O) groups is 3. The molecule has 184 valence electrons. The summed E-state index contributed by atoms with van der Waals surface area (Å²) >= 11 is 1.35. The monoisotopic (exact) mass is 500 g/mol. The molecular weight excluding hydrogens is 472 g/mol. The van der Waals surface area contributed by atoms with Crippen LogP contribution in [0.3, 0.4) is 0 Å². The number of hydrogen-bond acceptors (Lipinski definition) is 6. The Balaban J connectivity index is 1.37. The van der Waals surface area contributed by atoms with Gasteiger partial charge in [-0.25, -0.2) is 4.90 Å². The van der Waals surface area contributed by atoms with Crippen LogP contribution in [-0.2, 0) is 14.4 Å². The van der Waals surface area contributed by atoms with Crippen LogP contribution in [0.25, 0.3) is 0 Å². The van der Waals surface area contributed by atoms with Crippen molar-refractivity contribution in [1.82, 2.24) is 0 Å². The molecule has 8 heteroatoms. The van der Waals surface area contributed by atoms with Gasteiger partial charge >= 0.3 is 0 Å². The summed E-state index contributed by atoms with van der Waals surface area (Å²) < 4.78 is 0. The summed E-state index contributed by atoms with van der Waals surface area (Å²) in [6, 6.07) is 23.6. The highest BCUT2D eigenvalue weighted by Crippen LogP contribution is 2.35. The van der Waals surface area contributed by atoms with Crippen LogP contribution in [0, 0.1) is 5.41 Å². The predicted molar refractivity (Wildman–Crippen MR) is 143 cm³/mol. The van der Waals surface area contributed by atoms with Gasteiger partial charge in [0, 0.05) is 23.4 Å². The van der Waals surface area contributed by atoms with Crippen molar-refractivity contribution < 1.29 is 14.4 Å². The molecule has 0 bridgehead atoms. The second kappa shape index (κ2) is 10.9. The first-order valence-electron chi connectivity index (χ1n) is 11.7. The second-order valence-electron chi connectivity index (χ2n) is 9.74. The van der Waals surface area contributed by atoms with Gasteiger partial charge in [-0.3, -0.25) is 14.4 Å². The van der Waals surface area contributed by atoms with Crippen molar-refractivity contribution in [2.45, 2.75) is 43.8 Å². The summed E-state index contributed by atoms with van der Waals surface area (Å²) in [7, 11) is 0. The van der Waals surface area contributed by atoms with Gasteiger partial charge in [-0.2, -0.15) is 10.2 Å². The van der Waals surface area contributed by atoms with E-state index in [0.717, 1.165) is 10.6 Å². The maximum atomic E-state index is 13.0. The highest BCUT2D eigenvalue weighted by Gasteiger charge is 2.40. The van der Waals surface area contributed by atoms with Crippen LogP contribution < -0.4 is 10.2 Å². The van der Waals surface area contributed by atoms with Gasteiger partial charge in [0.15, 0.2) is 0 Å². The SMILES string of the molecule is CC(C)(C)CC(=O)Nc1ccc(SC2CC(=O)N(c3ccc(N=Nc4ccccc4)cc3)C2=O)cc1. The molecule has 0 aliphatic carbocycles. The predicted octanol–water partition coefficient (Wildman–Crippen LogP) is 6.90. The lowest BCUT2D eigenvalue weighted by Crippen LogP contribution is -2.30. The zero-order valence-electron chi connectivity index (χ0n) is 20.5. The molecule has 0 spiro atoms. The maximum Gasteiger partial charge on any atom is 0.247 e. The van der Waals surface area contributed by atoms with Crippen molar-refractivity contribution in [2.24, 2.45) is 15.6 Å². The molecule has 36 heavy (non-hydrogen) atoms. The Morgan fingerprint density at radius 2 is 1.53 bits per heavy atom. The summed E-state index contributed by atoms with van der Waals surface area (Å²) in [5, 5.41) is 10.8. The fourth-order valence-electron chi connectivity index (χ4n) is 3.71. The largest absolute Gasteiger partial charge is 0.326 e. The molecule has 1 heterocycles. The average Bonchev–Trinajstić information content (AvgIpc) is 3.11. The highest BCUT2D eigenvalue weighted by molar-refractivity contribution is 8.00. The highest BCUT2D eigenvalue weighted by atomic mass is 32.2. The fourth-order valence-corrected chi connectivity index (χ4v) is 4.77. The minimum absolute atomic E-state index is 0.0392. The molecule has 7 nitrogen and oxygen atoms in total. The molecule has 1 aliphatic rings. The lowest BCUT2D eigenvalue weighted by atomic mass is 9.92. The van der Waals surface area contributed by atoms with Crippen molar-refractivity contribution in [3.8, 4) is 0 Å². The summed E-state index contributed by atoms with van der Waals surface area (Å²) in [4.78, 5) is 40.0. The molecule has 3 aromatic carbocycles. The first-order chi connectivity index (χ1) is 17.2. The number of amides is 3. The molecule has 1 saturated heterocycles. The fraction of sp³-hybridized carbons (Fsp3) is 0.250. The molecule has 1 N–H and O–H groups in total. The quantitative estimate of drug-likeness (QED) is 0.282. The van der Waals surface area contributed by atoms with E-state index in [1.165, 1.54) is 16.7 Å². The Kier molecular flexibility index (Phi) is 7.64. The summed E-state index contributed by atoms with van der Waals surface area (Å²) in [5.74, 6) is -0.517. The molecule has 1 unspecified atom stereocenters. The molecule has 1 atom stereocenters.